The van der Waals surface area contributed by atoms with Crippen LogP contribution in [0.2, 0.25) is 0 Å². The molecule has 0 aliphatic carbocycles. The van der Waals surface area contributed by atoms with Gasteiger partial charge in [-0.15, -0.1) is 0 Å². The summed E-state index contributed by atoms with van der Waals surface area (Å²) in [5, 5.41) is 57.0. The van der Waals surface area contributed by atoms with Crippen LogP contribution in [0.3, 0.4) is 0 Å². The topological polar surface area (TPSA) is 175 Å². The minimum Gasteiger partial charge on any atom is -0.454 e. The highest BCUT2D eigenvalue weighted by atomic mass is 16.7. The first kappa shape index (κ1) is 74.9. The first-order valence-corrected chi connectivity index (χ1v) is 33.8. The Kier molecular flexibility index (Phi) is 53.4. The zero-order valence-corrected chi connectivity index (χ0v) is 51.5. The number of carbonyl (C=O) groups is 2. The predicted octanol–water partition coefficient (Wildman–Crippen LogP) is 16.6. The summed E-state index contributed by atoms with van der Waals surface area (Å²) in [6.07, 6.45) is 57.6. The van der Waals surface area contributed by atoms with Crippen molar-refractivity contribution in [3.63, 3.8) is 0 Å². The lowest BCUT2D eigenvalue weighted by Gasteiger charge is -2.41. The van der Waals surface area contributed by atoms with Gasteiger partial charge in [0.1, 0.15) is 24.4 Å². The summed E-state index contributed by atoms with van der Waals surface area (Å²) >= 11 is 0. The van der Waals surface area contributed by atoms with E-state index in [1.54, 1.807) is 6.08 Å². The molecule has 0 aromatic heterocycles. The van der Waals surface area contributed by atoms with Crippen molar-refractivity contribution in [2.75, 3.05) is 13.2 Å². The molecule has 0 radical (unpaired) electrons. The molecule has 0 spiro atoms. The van der Waals surface area contributed by atoms with Crippen LogP contribution in [0.1, 0.15) is 323 Å². The van der Waals surface area contributed by atoms with E-state index in [4.69, 9.17) is 14.2 Å². The van der Waals surface area contributed by atoms with Gasteiger partial charge in [-0.3, -0.25) is 9.59 Å². The Morgan fingerprint density at radius 3 is 1.32 bits per heavy atom. The molecule has 1 saturated heterocycles. The molecule has 0 aromatic rings. The maximum Gasteiger partial charge on any atom is 0.306 e. The van der Waals surface area contributed by atoms with Crippen LogP contribution in [0.4, 0.5) is 0 Å². The molecule has 1 amide bonds. The van der Waals surface area contributed by atoms with E-state index in [2.05, 4.69) is 50.4 Å². The monoisotopic (exact) mass is 1120 g/mol. The van der Waals surface area contributed by atoms with Gasteiger partial charge in [-0.05, 0) is 57.8 Å². The van der Waals surface area contributed by atoms with E-state index >= 15 is 0 Å². The summed E-state index contributed by atoms with van der Waals surface area (Å²) in [7, 11) is 0. The number of hydrogen-bond acceptors (Lipinski definition) is 10. The average molecular weight is 1120 g/mol. The van der Waals surface area contributed by atoms with E-state index in [9.17, 15) is 35.1 Å². The van der Waals surface area contributed by atoms with E-state index < -0.39 is 67.4 Å². The van der Waals surface area contributed by atoms with Crippen molar-refractivity contribution in [2.24, 2.45) is 0 Å². The van der Waals surface area contributed by atoms with Crippen molar-refractivity contribution in [2.45, 2.75) is 372 Å². The third-order valence-electron chi connectivity index (χ3n) is 16.0. The summed E-state index contributed by atoms with van der Waals surface area (Å²) in [6, 6.07) is -1.02. The number of esters is 1. The third-order valence-corrected chi connectivity index (χ3v) is 16.0. The second kappa shape index (κ2) is 56.4. The van der Waals surface area contributed by atoms with E-state index in [1.807, 2.05) is 6.08 Å². The molecule has 79 heavy (non-hydrogen) atoms. The molecule has 1 heterocycles. The van der Waals surface area contributed by atoms with Crippen molar-refractivity contribution < 1.29 is 49.3 Å². The molecule has 1 fully saturated rings. The molecule has 0 aromatic carbocycles. The summed E-state index contributed by atoms with van der Waals surface area (Å²) in [5.74, 6) is -1.18. The van der Waals surface area contributed by atoms with Gasteiger partial charge in [-0.25, -0.2) is 0 Å². The van der Waals surface area contributed by atoms with E-state index in [1.165, 1.54) is 212 Å². The SMILES string of the molecule is CCCCC/C=C\C/C=C\CCCCCCCCCCCCCCCCCC(=O)OC1C(OCC(NC(=O)C(O)CCCCCCCCCCCCCCCC)C(O)/C=C/CCCCCCCCCCC)OC(CO)C(O)C1O. The van der Waals surface area contributed by atoms with Gasteiger partial charge in [0, 0.05) is 6.42 Å². The van der Waals surface area contributed by atoms with Crippen molar-refractivity contribution in [1.82, 2.24) is 5.32 Å². The summed E-state index contributed by atoms with van der Waals surface area (Å²) in [6.45, 7) is 5.79. The maximum absolute atomic E-state index is 13.4. The average Bonchev–Trinajstić information content (AvgIpc) is 3.47. The van der Waals surface area contributed by atoms with Crippen LogP contribution >= 0.6 is 0 Å². The molecular formula is C68H127NO10. The number of aliphatic hydroxyl groups is 5. The van der Waals surface area contributed by atoms with Crippen LogP contribution in [-0.2, 0) is 23.8 Å². The smallest absolute Gasteiger partial charge is 0.306 e. The first-order chi connectivity index (χ1) is 38.7. The Hall–Kier alpha value is -2.12. The quantitative estimate of drug-likeness (QED) is 0.0195. The number of aliphatic hydroxyl groups excluding tert-OH is 5. The number of unbranched alkanes of at least 4 members (excludes halogenated alkanes) is 40. The van der Waals surface area contributed by atoms with Gasteiger partial charge in [0.2, 0.25) is 5.91 Å². The zero-order chi connectivity index (χ0) is 57.5. The lowest BCUT2D eigenvalue weighted by Crippen LogP contribution is -2.61. The number of hydrogen-bond donors (Lipinski definition) is 6. The highest BCUT2D eigenvalue weighted by Crippen LogP contribution is 2.26. The fraction of sp³-hybridized carbons (Fsp3) is 0.882. The summed E-state index contributed by atoms with van der Waals surface area (Å²) < 4.78 is 17.7. The molecule has 0 bridgehead atoms. The van der Waals surface area contributed by atoms with Gasteiger partial charge in [0.05, 0.1) is 25.4 Å². The summed E-state index contributed by atoms with van der Waals surface area (Å²) in [4.78, 5) is 26.6. The molecule has 1 rings (SSSR count). The maximum atomic E-state index is 13.4. The van der Waals surface area contributed by atoms with Crippen molar-refractivity contribution in [3.8, 4) is 0 Å². The Labute approximate surface area is 485 Å². The molecule has 1 aliphatic heterocycles. The highest BCUT2D eigenvalue weighted by molar-refractivity contribution is 5.80. The first-order valence-electron chi connectivity index (χ1n) is 33.8. The minimum absolute atomic E-state index is 0.127. The van der Waals surface area contributed by atoms with Gasteiger partial charge in [-0.1, -0.05) is 295 Å². The number of allylic oxidation sites excluding steroid dienone is 5. The standard InChI is InChI=1S/C68H127NO10/c1-4-7-10-13-16-19-22-24-26-27-28-29-30-31-32-33-34-35-36-38-41-44-47-50-53-56-63(73)79-66-65(75)64(74)62(57-70)78-68(66)77-58-59(60(71)54-51-48-45-42-39-21-18-15-12-9-6-3)69-67(76)61(72)55-52-49-46-43-40-37-25-23-20-17-14-11-8-5-2/h16,19,24,26,51,54,59-62,64-66,68,70-72,74-75H,4-15,17-18,20-23,25,27-50,52-53,55-58H2,1-3H3,(H,69,76)/b19-16-,26-24-,54-51+. The van der Waals surface area contributed by atoms with Gasteiger partial charge in [0.25, 0.3) is 0 Å². The summed E-state index contributed by atoms with van der Waals surface area (Å²) in [5.41, 5.74) is 0. The van der Waals surface area contributed by atoms with E-state index in [0.717, 1.165) is 64.2 Å². The predicted molar refractivity (Wildman–Crippen MR) is 329 cm³/mol. The Morgan fingerprint density at radius 2 is 0.873 bits per heavy atom. The molecule has 8 unspecified atom stereocenters. The Bertz CT molecular complexity index is 1420. The normalized spacial score (nSPS) is 19.0. The lowest BCUT2D eigenvalue weighted by atomic mass is 9.99. The molecule has 8 atom stereocenters. The minimum atomic E-state index is -1.61. The van der Waals surface area contributed by atoms with E-state index in [0.29, 0.717) is 19.3 Å². The fourth-order valence-electron chi connectivity index (χ4n) is 10.7. The van der Waals surface area contributed by atoms with Gasteiger partial charge in [-0.2, -0.15) is 0 Å². The fourth-order valence-corrected chi connectivity index (χ4v) is 10.7. The zero-order valence-electron chi connectivity index (χ0n) is 51.5. The van der Waals surface area contributed by atoms with Gasteiger partial charge >= 0.3 is 5.97 Å². The molecule has 0 saturated carbocycles. The van der Waals surface area contributed by atoms with Crippen molar-refractivity contribution >= 4 is 11.9 Å². The highest BCUT2D eigenvalue weighted by Gasteiger charge is 2.47. The molecule has 464 valence electrons. The second-order valence-electron chi connectivity index (χ2n) is 23.6. The van der Waals surface area contributed by atoms with Crippen LogP contribution in [0, 0.1) is 0 Å². The molecule has 11 heteroatoms. The van der Waals surface area contributed by atoms with Crippen LogP contribution in [0.25, 0.3) is 0 Å². The van der Waals surface area contributed by atoms with Crippen LogP contribution in [0.15, 0.2) is 36.5 Å². The van der Waals surface area contributed by atoms with E-state index in [-0.39, 0.29) is 13.0 Å². The van der Waals surface area contributed by atoms with Crippen LogP contribution in [-0.4, -0.2) is 99.6 Å². The third kappa shape index (κ3) is 44.1. The number of amides is 1. The second-order valence-corrected chi connectivity index (χ2v) is 23.6. The van der Waals surface area contributed by atoms with Crippen molar-refractivity contribution in [3.05, 3.63) is 36.5 Å². The number of nitrogens with one attached hydrogen (secondary N) is 1. The Balaban J connectivity index is 2.54. The lowest BCUT2D eigenvalue weighted by molar-refractivity contribution is -0.305. The largest absolute Gasteiger partial charge is 0.454 e. The number of ether oxygens (including phenoxy) is 3. The van der Waals surface area contributed by atoms with Crippen molar-refractivity contribution in [1.29, 1.82) is 0 Å². The molecule has 11 nitrogen and oxygen atoms in total. The molecule has 6 N–H and O–H groups in total. The van der Waals surface area contributed by atoms with Crippen LogP contribution < -0.4 is 5.32 Å². The Morgan fingerprint density at radius 1 is 0.494 bits per heavy atom. The number of rotatable bonds is 58. The molecular weight excluding hydrogens is 991 g/mol. The number of carbonyl (C=O) groups excluding carboxylic acids is 2. The molecule has 1 aliphatic rings. The van der Waals surface area contributed by atoms with Gasteiger partial charge in [0.15, 0.2) is 12.4 Å². The van der Waals surface area contributed by atoms with Crippen LogP contribution in [0.5, 0.6) is 0 Å². The van der Waals surface area contributed by atoms with Gasteiger partial charge < -0.3 is 45.1 Å².